The largest absolute Gasteiger partial charge is 0.480 e. The summed E-state index contributed by atoms with van der Waals surface area (Å²) in [5, 5.41) is 18.9. The number of aliphatic hydroxyl groups is 1. The molecule has 0 unspecified atom stereocenters. The molecular formula is C9H15F3N2O5. The zero-order valence-electron chi connectivity index (χ0n) is 9.94. The number of rotatable bonds is 8. The number of aliphatic carboxylic acids is 1. The summed E-state index contributed by atoms with van der Waals surface area (Å²) in [6, 6.07) is -1.01. The highest BCUT2D eigenvalue weighted by Crippen LogP contribution is 2.16. The molecule has 0 saturated heterocycles. The summed E-state index contributed by atoms with van der Waals surface area (Å²) < 4.78 is 41.0. The summed E-state index contributed by atoms with van der Waals surface area (Å²) in [5.74, 6) is -1.19. The molecule has 0 aromatic rings. The van der Waals surface area contributed by atoms with Gasteiger partial charge in [0.15, 0.2) is 0 Å². The molecule has 0 heterocycles. The molecule has 10 heteroatoms. The highest BCUT2D eigenvalue weighted by molar-refractivity contribution is 5.74. The minimum Gasteiger partial charge on any atom is -0.480 e. The van der Waals surface area contributed by atoms with Crippen molar-refractivity contribution in [2.45, 2.75) is 6.18 Å². The van der Waals surface area contributed by atoms with E-state index in [0.717, 1.165) is 0 Å². The van der Waals surface area contributed by atoms with Gasteiger partial charge in [-0.3, -0.25) is 0 Å². The number of amides is 2. The Balaban J connectivity index is 4.01. The van der Waals surface area contributed by atoms with E-state index in [1.807, 2.05) is 0 Å². The van der Waals surface area contributed by atoms with Crippen molar-refractivity contribution in [1.29, 1.82) is 0 Å². The highest BCUT2D eigenvalue weighted by Gasteiger charge is 2.32. The monoisotopic (exact) mass is 288 g/mol. The summed E-state index contributed by atoms with van der Waals surface area (Å²) in [4.78, 5) is 21.8. The van der Waals surface area contributed by atoms with Crippen molar-refractivity contribution in [2.75, 3.05) is 39.5 Å². The molecule has 0 aliphatic carbocycles. The molecule has 2 amide bonds. The first kappa shape index (κ1) is 17.4. The summed E-state index contributed by atoms with van der Waals surface area (Å²) >= 11 is 0. The van der Waals surface area contributed by atoms with Gasteiger partial charge in [-0.15, -0.1) is 0 Å². The number of nitrogens with one attached hydrogen (secondary N) is 1. The molecule has 0 spiro atoms. The number of aliphatic hydroxyl groups excluding tert-OH is 1. The lowest BCUT2D eigenvalue weighted by molar-refractivity contribution is -0.142. The van der Waals surface area contributed by atoms with E-state index in [1.165, 1.54) is 0 Å². The second kappa shape index (κ2) is 8.53. The van der Waals surface area contributed by atoms with Gasteiger partial charge in [-0.25, -0.2) is 9.59 Å². The van der Waals surface area contributed by atoms with Crippen LogP contribution in [0.4, 0.5) is 18.0 Å². The summed E-state index contributed by atoms with van der Waals surface area (Å²) in [6.45, 7) is -3.36. The van der Waals surface area contributed by atoms with Crippen LogP contribution in [0.15, 0.2) is 0 Å². The molecule has 0 saturated carbocycles. The summed E-state index contributed by atoms with van der Waals surface area (Å²) in [7, 11) is 0. The lowest BCUT2D eigenvalue weighted by atomic mass is 10.5. The Morgan fingerprint density at radius 1 is 1.32 bits per heavy atom. The van der Waals surface area contributed by atoms with Crippen LogP contribution < -0.4 is 5.32 Å². The van der Waals surface area contributed by atoms with E-state index in [1.54, 1.807) is 0 Å². The van der Waals surface area contributed by atoms with Crippen LogP contribution in [-0.4, -0.2) is 72.7 Å². The Labute approximate surface area is 106 Å². The van der Waals surface area contributed by atoms with Crippen molar-refractivity contribution >= 4 is 12.0 Å². The predicted molar refractivity (Wildman–Crippen MR) is 56.6 cm³/mol. The van der Waals surface area contributed by atoms with E-state index in [0.29, 0.717) is 4.90 Å². The van der Waals surface area contributed by atoms with Crippen LogP contribution in [0, 0.1) is 0 Å². The number of carboxylic acids is 1. The highest BCUT2D eigenvalue weighted by atomic mass is 19.4. The summed E-state index contributed by atoms with van der Waals surface area (Å²) in [5.41, 5.74) is 0. The molecular weight excluding hydrogens is 273 g/mol. The van der Waals surface area contributed by atoms with Gasteiger partial charge in [0.1, 0.15) is 13.2 Å². The maximum atomic E-state index is 12.1. The zero-order valence-corrected chi connectivity index (χ0v) is 9.94. The molecule has 0 rings (SSSR count). The zero-order chi connectivity index (χ0) is 14.9. The molecule has 0 aromatic carbocycles. The fraction of sp³-hybridized carbons (Fsp3) is 0.778. The minimum atomic E-state index is -4.56. The number of carbonyl (C=O) groups is 2. The molecule has 0 bridgehead atoms. The van der Waals surface area contributed by atoms with Gasteiger partial charge in [0.25, 0.3) is 0 Å². The number of halogens is 3. The van der Waals surface area contributed by atoms with Gasteiger partial charge in [-0.05, 0) is 0 Å². The topological polar surface area (TPSA) is 99.1 Å². The standard InChI is InChI=1S/C9H15F3N2O5/c10-9(11,12)6-14(2-3-15)8(18)13-1-4-19-5-7(16)17/h15H,1-6H2,(H,13,18)(H,16,17). The molecule has 0 aliphatic heterocycles. The second-order valence-corrected chi connectivity index (χ2v) is 3.44. The van der Waals surface area contributed by atoms with Gasteiger partial charge in [-0.2, -0.15) is 13.2 Å². The van der Waals surface area contributed by atoms with Gasteiger partial charge >= 0.3 is 18.2 Å². The van der Waals surface area contributed by atoms with E-state index in [2.05, 4.69) is 10.1 Å². The molecule has 0 aromatic heterocycles. The smallest absolute Gasteiger partial charge is 0.406 e. The van der Waals surface area contributed by atoms with Crippen molar-refractivity contribution in [2.24, 2.45) is 0 Å². The molecule has 0 aliphatic rings. The van der Waals surface area contributed by atoms with E-state index >= 15 is 0 Å². The Morgan fingerprint density at radius 2 is 1.95 bits per heavy atom. The average molecular weight is 288 g/mol. The quantitative estimate of drug-likeness (QED) is 0.530. The van der Waals surface area contributed by atoms with Crippen LogP contribution in [0.3, 0.4) is 0 Å². The number of hydrogen-bond donors (Lipinski definition) is 3. The normalized spacial score (nSPS) is 11.2. The first-order valence-corrected chi connectivity index (χ1v) is 5.26. The Morgan fingerprint density at radius 3 is 2.42 bits per heavy atom. The molecule has 0 fully saturated rings. The third-order valence-corrected chi connectivity index (χ3v) is 1.78. The van der Waals surface area contributed by atoms with Crippen LogP contribution in [0.5, 0.6) is 0 Å². The number of hydrogen-bond acceptors (Lipinski definition) is 4. The van der Waals surface area contributed by atoms with Gasteiger partial charge < -0.3 is 25.2 Å². The molecule has 3 N–H and O–H groups in total. The maximum absolute atomic E-state index is 12.1. The average Bonchev–Trinajstić information content (AvgIpc) is 2.25. The lowest BCUT2D eigenvalue weighted by Crippen LogP contribution is -2.46. The third kappa shape index (κ3) is 10.1. The van der Waals surface area contributed by atoms with Crippen LogP contribution >= 0.6 is 0 Å². The molecule has 0 atom stereocenters. The fourth-order valence-electron chi connectivity index (χ4n) is 1.09. The first-order valence-electron chi connectivity index (χ1n) is 5.26. The van der Waals surface area contributed by atoms with E-state index in [-0.39, 0.29) is 13.2 Å². The van der Waals surface area contributed by atoms with Crippen molar-refractivity contribution < 1.29 is 37.7 Å². The minimum absolute atomic E-state index is 0.133. The Kier molecular flexibility index (Phi) is 7.84. The molecule has 19 heavy (non-hydrogen) atoms. The Bertz CT molecular complexity index is 298. The van der Waals surface area contributed by atoms with Gasteiger partial charge in [-0.1, -0.05) is 0 Å². The summed E-state index contributed by atoms with van der Waals surface area (Å²) in [6.07, 6.45) is -4.56. The lowest BCUT2D eigenvalue weighted by Gasteiger charge is -2.23. The first-order chi connectivity index (χ1) is 8.76. The van der Waals surface area contributed by atoms with Crippen LogP contribution in [0.2, 0.25) is 0 Å². The number of urea groups is 1. The van der Waals surface area contributed by atoms with Gasteiger partial charge in [0.2, 0.25) is 0 Å². The fourth-order valence-corrected chi connectivity index (χ4v) is 1.09. The Hall–Kier alpha value is -1.55. The maximum Gasteiger partial charge on any atom is 0.406 e. The van der Waals surface area contributed by atoms with Crippen molar-refractivity contribution in [1.82, 2.24) is 10.2 Å². The molecule has 112 valence electrons. The van der Waals surface area contributed by atoms with Gasteiger partial charge in [0.05, 0.1) is 13.2 Å². The van der Waals surface area contributed by atoms with E-state index in [4.69, 9.17) is 10.2 Å². The number of alkyl halides is 3. The van der Waals surface area contributed by atoms with Crippen molar-refractivity contribution in [3.8, 4) is 0 Å². The molecule has 7 nitrogen and oxygen atoms in total. The molecule has 0 radical (unpaired) electrons. The van der Waals surface area contributed by atoms with Crippen molar-refractivity contribution in [3.05, 3.63) is 0 Å². The number of carboxylic acid groups (broad SMARTS) is 1. The van der Waals surface area contributed by atoms with Crippen molar-refractivity contribution in [3.63, 3.8) is 0 Å². The van der Waals surface area contributed by atoms with E-state index < -0.39 is 44.5 Å². The van der Waals surface area contributed by atoms with Crippen LogP contribution in [0.1, 0.15) is 0 Å². The van der Waals surface area contributed by atoms with Crippen LogP contribution in [0.25, 0.3) is 0 Å². The number of nitrogens with zero attached hydrogens (tertiary/aromatic N) is 1. The SMILES string of the molecule is O=C(O)COCCNC(=O)N(CCO)CC(F)(F)F. The number of ether oxygens (including phenoxy) is 1. The third-order valence-electron chi connectivity index (χ3n) is 1.78. The second-order valence-electron chi connectivity index (χ2n) is 3.44. The van der Waals surface area contributed by atoms with Gasteiger partial charge in [0, 0.05) is 13.1 Å². The van der Waals surface area contributed by atoms with E-state index in [9.17, 15) is 22.8 Å². The number of carbonyl (C=O) groups excluding carboxylic acids is 1. The predicted octanol–water partition coefficient (Wildman–Crippen LogP) is -0.346. The van der Waals surface area contributed by atoms with Crippen LogP contribution in [-0.2, 0) is 9.53 Å².